The van der Waals surface area contributed by atoms with Crippen molar-refractivity contribution in [3.8, 4) is 66.8 Å². The molecule has 0 radical (unpaired) electrons. The van der Waals surface area contributed by atoms with Gasteiger partial charge in [0.15, 0.2) is 0 Å². The fraction of sp³-hybridized carbons (Fsp3) is 0. The van der Waals surface area contributed by atoms with Crippen LogP contribution in [-0.4, -0.2) is 0 Å². The number of para-hydroxylation sites is 1. The molecule has 0 saturated carbocycles. The Morgan fingerprint density at radius 2 is 0.603 bits per heavy atom. The van der Waals surface area contributed by atoms with Crippen molar-refractivity contribution >= 4 is 38.6 Å². The van der Waals surface area contributed by atoms with Crippen LogP contribution in [0.2, 0.25) is 0 Å². The molecule has 0 spiro atoms. The minimum atomic E-state index is 1.08. The van der Waals surface area contributed by atoms with E-state index in [2.05, 4.69) is 266 Å². The number of hydrogen-bond donors (Lipinski definition) is 0. The molecule has 0 aliphatic carbocycles. The van der Waals surface area contributed by atoms with Gasteiger partial charge in [-0.1, -0.05) is 231 Å². The minimum Gasteiger partial charge on any atom is -0.310 e. The van der Waals surface area contributed by atoms with Crippen molar-refractivity contribution in [1.29, 1.82) is 0 Å². The van der Waals surface area contributed by atoms with Gasteiger partial charge >= 0.3 is 0 Å². The highest BCUT2D eigenvalue weighted by Gasteiger charge is 2.23. The Labute approximate surface area is 369 Å². The lowest BCUT2D eigenvalue weighted by Gasteiger charge is -2.30. The second-order valence-electron chi connectivity index (χ2n) is 16.0. The summed E-state index contributed by atoms with van der Waals surface area (Å²) in [5.41, 5.74) is 17.4. The van der Waals surface area contributed by atoms with Crippen LogP contribution in [0.4, 0.5) is 17.1 Å². The molecule has 11 rings (SSSR count). The van der Waals surface area contributed by atoms with Crippen molar-refractivity contribution < 1.29 is 0 Å². The van der Waals surface area contributed by atoms with Crippen molar-refractivity contribution in [3.63, 3.8) is 0 Å². The summed E-state index contributed by atoms with van der Waals surface area (Å²) >= 11 is 0. The maximum Gasteiger partial charge on any atom is 0.0540 e. The average Bonchev–Trinajstić information content (AvgIpc) is 3.37. The third kappa shape index (κ3) is 7.16. The molecule has 1 nitrogen and oxygen atoms in total. The lowest BCUT2D eigenvalue weighted by atomic mass is 9.84. The van der Waals surface area contributed by atoms with E-state index in [0.717, 1.165) is 28.2 Å². The molecular weight excluding hydrogens is 759 g/mol. The third-order valence-electron chi connectivity index (χ3n) is 12.3. The standard InChI is InChI=1S/C62H43N/c1-3-20-44(21-4-1)54-34-11-12-36-59(54)62-57(47-22-5-2-6-23-47)39-19-40-60(62)58-35-13-14-41-61(58)63(50-30-15-28-48(42-50)55-37-17-26-45-24-7-9-32-52(45)55)51-31-16-29-49(43-51)56-38-18-27-46-25-8-10-33-53(46)56/h1-43H. The molecular formula is C62H43N. The van der Waals surface area contributed by atoms with Crippen LogP contribution >= 0.6 is 0 Å². The SMILES string of the molecule is c1ccc(-c2ccccc2-c2c(-c3ccccc3)cccc2-c2ccccc2N(c2cccc(-c3cccc4ccccc34)c2)c2cccc(-c3cccc4ccccc34)c2)cc1. The van der Waals surface area contributed by atoms with Crippen LogP contribution in [0.15, 0.2) is 261 Å². The van der Waals surface area contributed by atoms with Crippen LogP contribution < -0.4 is 4.90 Å². The first-order chi connectivity index (χ1) is 31.3. The summed E-state index contributed by atoms with van der Waals surface area (Å²) in [5, 5.41) is 4.93. The first kappa shape index (κ1) is 37.7. The van der Waals surface area contributed by atoms with E-state index < -0.39 is 0 Å². The predicted octanol–water partition coefficient (Wildman–Crippen LogP) is 17.5. The van der Waals surface area contributed by atoms with Gasteiger partial charge < -0.3 is 4.90 Å². The van der Waals surface area contributed by atoms with Gasteiger partial charge in [0.25, 0.3) is 0 Å². The molecule has 0 bridgehead atoms. The summed E-state index contributed by atoms with van der Waals surface area (Å²) in [6, 6.07) is 94.8. The van der Waals surface area contributed by atoms with Crippen molar-refractivity contribution in [1.82, 2.24) is 0 Å². The summed E-state index contributed by atoms with van der Waals surface area (Å²) in [5.74, 6) is 0. The van der Waals surface area contributed by atoms with Crippen LogP contribution in [0.5, 0.6) is 0 Å². The number of nitrogens with zero attached hydrogens (tertiary/aromatic N) is 1. The molecule has 63 heavy (non-hydrogen) atoms. The van der Waals surface area contributed by atoms with Crippen molar-refractivity contribution in [2.45, 2.75) is 0 Å². The summed E-state index contributed by atoms with van der Waals surface area (Å²) in [6.45, 7) is 0. The number of fused-ring (bicyclic) bond motifs is 2. The van der Waals surface area contributed by atoms with Crippen LogP contribution in [0.1, 0.15) is 0 Å². The highest BCUT2D eigenvalue weighted by atomic mass is 15.1. The zero-order chi connectivity index (χ0) is 42.0. The zero-order valence-corrected chi connectivity index (χ0v) is 34.8. The van der Waals surface area contributed by atoms with Gasteiger partial charge in [0.1, 0.15) is 0 Å². The van der Waals surface area contributed by atoms with Crippen LogP contribution in [0, 0.1) is 0 Å². The molecule has 0 amide bonds. The Kier molecular flexibility index (Phi) is 9.97. The van der Waals surface area contributed by atoms with Crippen LogP contribution in [0.25, 0.3) is 88.3 Å². The molecule has 0 unspecified atom stereocenters. The molecule has 0 aliphatic heterocycles. The van der Waals surface area contributed by atoms with E-state index in [9.17, 15) is 0 Å². The van der Waals surface area contributed by atoms with Gasteiger partial charge in [-0.3, -0.25) is 0 Å². The average molecular weight is 802 g/mol. The molecule has 0 aromatic heterocycles. The third-order valence-corrected chi connectivity index (χ3v) is 12.3. The number of rotatable bonds is 9. The number of hydrogen-bond acceptors (Lipinski definition) is 1. The molecule has 0 fully saturated rings. The summed E-state index contributed by atoms with van der Waals surface area (Å²) in [6.07, 6.45) is 0. The molecule has 0 saturated heterocycles. The first-order valence-electron chi connectivity index (χ1n) is 21.7. The molecule has 0 atom stereocenters. The molecule has 1 heteroatoms. The molecule has 0 aliphatic rings. The summed E-state index contributed by atoms with van der Waals surface area (Å²) in [7, 11) is 0. The number of anilines is 3. The summed E-state index contributed by atoms with van der Waals surface area (Å²) < 4.78 is 0. The van der Waals surface area contributed by atoms with Gasteiger partial charge in [0.2, 0.25) is 0 Å². The Hall–Kier alpha value is -8.26. The van der Waals surface area contributed by atoms with Gasteiger partial charge in [0.05, 0.1) is 5.69 Å². The smallest absolute Gasteiger partial charge is 0.0540 e. The quantitative estimate of drug-likeness (QED) is 0.141. The highest BCUT2D eigenvalue weighted by Crippen LogP contribution is 2.49. The van der Waals surface area contributed by atoms with E-state index in [4.69, 9.17) is 0 Å². The van der Waals surface area contributed by atoms with E-state index in [0.29, 0.717) is 0 Å². The molecule has 11 aromatic rings. The normalized spacial score (nSPS) is 11.2. The largest absolute Gasteiger partial charge is 0.310 e. The number of benzene rings is 11. The monoisotopic (exact) mass is 801 g/mol. The first-order valence-corrected chi connectivity index (χ1v) is 21.7. The van der Waals surface area contributed by atoms with E-state index in [1.807, 2.05) is 0 Å². The minimum absolute atomic E-state index is 1.08. The van der Waals surface area contributed by atoms with E-state index in [1.54, 1.807) is 0 Å². The lowest BCUT2D eigenvalue weighted by molar-refractivity contribution is 1.28. The van der Waals surface area contributed by atoms with Crippen molar-refractivity contribution in [3.05, 3.63) is 261 Å². The van der Waals surface area contributed by atoms with E-state index in [1.165, 1.54) is 77.2 Å². The lowest BCUT2D eigenvalue weighted by Crippen LogP contribution is -2.11. The van der Waals surface area contributed by atoms with E-state index >= 15 is 0 Å². The second kappa shape index (κ2) is 16.7. The fourth-order valence-electron chi connectivity index (χ4n) is 9.40. The summed E-state index contributed by atoms with van der Waals surface area (Å²) in [4.78, 5) is 2.46. The Balaban J connectivity index is 1.17. The van der Waals surface area contributed by atoms with Gasteiger partial charge in [-0.15, -0.1) is 0 Å². The molecule has 0 heterocycles. The Morgan fingerprint density at radius 3 is 1.21 bits per heavy atom. The zero-order valence-electron chi connectivity index (χ0n) is 34.8. The van der Waals surface area contributed by atoms with Gasteiger partial charge in [-0.05, 0) is 113 Å². The molecule has 0 N–H and O–H groups in total. The van der Waals surface area contributed by atoms with E-state index in [-0.39, 0.29) is 0 Å². The van der Waals surface area contributed by atoms with Gasteiger partial charge in [-0.2, -0.15) is 0 Å². The predicted molar refractivity (Wildman–Crippen MR) is 269 cm³/mol. The van der Waals surface area contributed by atoms with Crippen LogP contribution in [0.3, 0.4) is 0 Å². The van der Waals surface area contributed by atoms with Crippen molar-refractivity contribution in [2.24, 2.45) is 0 Å². The topological polar surface area (TPSA) is 3.24 Å². The maximum absolute atomic E-state index is 2.46. The maximum atomic E-state index is 2.46. The van der Waals surface area contributed by atoms with Crippen molar-refractivity contribution in [2.75, 3.05) is 4.90 Å². The van der Waals surface area contributed by atoms with Crippen LogP contribution in [-0.2, 0) is 0 Å². The molecule has 11 aromatic carbocycles. The molecule has 296 valence electrons. The Morgan fingerprint density at radius 1 is 0.222 bits per heavy atom. The fourth-order valence-corrected chi connectivity index (χ4v) is 9.40. The van der Waals surface area contributed by atoms with Gasteiger partial charge in [-0.25, -0.2) is 0 Å². The Bertz CT molecular complexity index is 3270. The highest BCUT2D eigenvalue weighted by molar-refractivity contribution is 6.04. The van der Waals surface area contributed by atoms with Gasteiger partial charge in [0, 0.05) is 16.9 Å². The second-order valence-corrected chi connectivity index (χ2v) is 16.0.